The molecule has 0 aliphatic carbocycles. The van der Waals surface area contributed by atoms with E-state index in [-0.39, 0.29) is 11.9 Å². The van der Waals surface area contributed by atoms with Gasteiger partial charge in [0.05, 0.1) is 10.7 Å². The highest BCUT2D eigenvalue weighted by atomic mass is 35.5. The molecule has 2 aromatic rings. The molecule has 5 heteroatoms. The quantitative estimate of drug-likeness (QED) is 0.938. The molecular formula is C16H18ClN3O. The fraction of sp³-hybridized carbons (Fsp3) is 0.250. The fourth-order valence-electron chi connectivity index (χ4n) is 2.00. The van der Waals surface area contributed by atoms with Gasteiger partial charge in [0.25, 0.3) is 5.91 Å². The summed E-state index contributed by atoms with van der Waals surface area (Å²) in [6.07, 6.45) is 3.50. The average molecular weight is 304 g/mol. The van der Waals surface area contributed by atoms with Crippen molar-refractivity contribution in [2.75, 3.05) is 19.4 Å². The van der Waals surface area contributed by atoms with E-state index in [1.807, 2.05) is 19.1 Å². The summed E-state index contributed by atoms with van der Waals surface area (Å²) in [5, 5.41) is 3.92. The van der Waals surface area contributed by atoms with Crippen molar-refractivity contribution in [2.24, 2.45) is 0 Å². The van der Waals surface area contributed by atoms with Gasteiger partial charge >= 0.3 is 0 Å². The van der Waals surface area contributed by atoms with Crippen LogP contribution in [0.4, 0.5) is 5.69 Å². The van der Waals surface area contributed by atoms with Crippen molar-refractivity contribution in [1.29, 1.82) is 0 Å². The van der Waals surface area contributed by atoms with E-state index in [1.54, 1.807) is 49.6 Å². The lowest BCUT2D eigenvalue weighted by molar-refractivity contribution is 0.0827. The summed E-state index contributed by atoms with van der Waals surface area (Å²) in [5.41, 5.74) is 2.45. The largest absolute Gasteiger partial charge is 0.377 e. The second-order valence-corrected chi connectivity index (χ2v) is 5.45. The SMILES string of the molecule is CC(Nc1cc(C(=O)N(C)C)ccc1Cl)c1ccncc1. The standard InChI is InChI=1S/C16H18ClN3O/c1-11(12-6-8-18-9-7-12)19-15-10-13(4-5-14(15)17)16(21)20(2)3/h4-11,19H,1-3H3. The van der Waals surface area contributed by atoms with Crippen LogP contribution >= 0.6 is 11.6 Å². The molecule has 0 aliphatic rings. The van der Waals surface area contributed by atoms with Crippen LogP contribution in [0.15, 0.2) is 42.7 Å². The molecular weight excluding hydrogens is 286 g/mol. The highest BCUT2D eigenvalue weighted by Gasteiger charge is 2.12. The summed E-state index contributed by atoms with van der Waals surface area (Å²) in [6.45, 7) is 2.03. The van der Waals surface area contributed by atoms with Crippen molar-refractivity contribution >= 4 is 23.2 Å². The van der Waals surface area contributed by atoms with E-state index in [9.17, 15) is 4.79 Å². The third-order valence-corrected chi connectivity index (χ3v) is 3.53. The number of benzene rings is 1. The zero-order valence-electron chi connectivity index (χ0n) is 12.3. The number of pyridine rings is 1. The third-order valence-electron chi connectivity index (χ3n) is 3.20. The maximum atomic E-state index is 12.0. The summed E-state index contributed by atoms with van der Waals surface area (Å²) in [4.78, 5) is 17.6. The number of halogens is 1. The molecule has 1 amide bonds. The van der Waals surface area contributed by atoms with Crippen molar-refractivity contribution in [3.8, 4) is 0 Å². The monoisotopic (exact) mass is 303 g/mol. The normalized spacial score (nSPS) is 11.8. The Morgan fingerprint density at radius 3 is 2.52 bits per heavy atom. The molecule has 1 unspecified atom stereocenters. The van der Waals surface area contributed by atoms with Crippen LogP contribution in [-0.2, 0) is 0 Å². The van der Waals surface area contributed by atoms with Crippen LogP contribution in [0, 0.1) is 0 Å². The van der Waals surface area contributed by atoms with Gasteiger partial charge < -0.3 is 10.2 Å². The lowest BCUT2D eigenvalue weighted by atomic mass is 10.1. The minimum absolute atomic E-state index is 0.0497. The zero-order chi connectivity index (χ0) is 15.4. The number of nitrogens with zero attached hydrogens (tertiary/aromatic N) is 2. The second-order valence-electron chi connectivity index (χ2n) is 5.04. The van der Waals surface area contributed by atoms with Crippen LogP contribution in [0.25, 0.3) is 0 Å². The van der Waals surface area contributed by atoms with Gasteiger partial charge in [-0.3, -0.25) is 9.78 Å². The number of nitrogens with one attached hydrogen (secondary N) is 1. The van der Waals surface area contributed by atoms with E-state index in [4.69, 9.17) is 11.6 Å². The first-order valence-electron chi connectivity index (χ1n) is 6.66. The smallest absolute Gasteiger partial charge is 0.253 e. The average Bonchev–Trinajstić information content (AvgIpc) is 2.49. The summed E-state index contributed by atoms with van der Waals surface area (Å²) in [7, 11) is 3.45. The van der Waals surface area contributed by atoms with Gasteiger partial charge in [0.2, 0.25) is 0 Å². The molecule has 1 heterocycles. The number of rotatable bonds is 4. The maximum absolute atomic E-state index is 12.0. The Hall–Kier alpha value is -2.07. The minimum atomic E-state index is -0.0497. The van der Waals surface area contributed by atoms with E-state index >= 15 is 0 Å². The summed E-state index contributed by atoms with van der Waals surface area (Å²) in [5.74, 6) is -0.0497. The Kier molecular flexibility index (Phi) is 4.81. The Bertz CT molecular complexity index is 629. The molecule has 0 saturated carbocycles. The predicted octanol–water partition coefficient (Wildman–Crippen LogP) is 3.61. The highest BCUT2D eigenvalue weighted by Crippen LogP contribution is 2.27. The molecule has 1 aromatic carbocycles. The molecule has 0 spiro atoms. The molecule has 110 valence electrons. The highest BCUT2D eigenvalue weighted by molar-refractivity contribution is 6.33. The Balaban J connectivity index is 2.23. The molecule has 21 heavy (non-hydrogen) atoms. The van der Waals surface area contributed by atoms with Crippen LogP contribution in [-0.4, -0.2) is 29.9 Å². The van der Waals surface area contributed by atoms with Crippen molar-refractivity contribution in [1.82, 2.24) is 9.88 Å². The Labute approximate surface area is 129 Å². The van der Waals surface area contributed by atoms with Crippen LogP contribution in [0.2, 0.25) is 5.02 Å². The Morgan fingerprint density at radius 2 is 1.90 bits per heavy atom. The lowest BCUT2D eigenvalue weighted by Gasteiger charge is -2.18. The molecule has 1 aromatic heterocycles. The molecule has 0 aliphatic heterocycles. The van der Waals surface area contributed by atoms with Gasteiger partial charge in [-0.15, -0.1) is 0 Å². The van der Waals surface area contributed by atoms with E-state index in [2.05, 4.69) is 10.3 Å². The van der Waals surface area contributed by atoms with Gasteiger partial charge in [0.1, 0.15) is 0 Å². The van der Waals surface area contributed by atoms with Crippen molar-refractivity contribution in [3.63, 3.8) is 0 Å². The topological polar surface area (TPSA) is 45.2 Å². The molecule has 0 saturated heterocycles. The molecule has 0 bridgehead atoms. The molecule has 1 N–H and O–H groups in total. The predicted molar refractivity (Wildman–Crippen MR) is 85.7 cm³/mol. The van der Waals surface area contributed by atoms with Gasteiger partial charge in [-0.05, 0) is 42.8 Å². The maximum Gasteiger partial charge on any atom is 0.253 e. The van der Waals surface area contributed by atoms with E-state index in [1.165, 1.54) is 0 Å². The first-order chi connectivity index (χ1) is 9.99. The first-order valence-corrected chi connectivity index (χ1v) is 7.04. The third kappa shape index (κ3) is 3.73. The van der Waals surface area contributed by atoms with Crippen molar-refractivity contribution in [2.45, 2.75) is 13.0 Å². The number of aromatic nitrogens is 1. The van der Waals surface area contributed by atoms with Gasteiger partial charge in [-0.2, -0.15) is 0 Å². The second kappa shape index (κ2) is 6.59. The number of hydrogen-bond donors (Lipinski definition) is 1. The number of amides is 1. The van der Waals surface area contributed by atoms with Crippen molar-refractivity contribution < 1.29 is 4.79 Å². The van der Waals surface area contributed by atoms with Gasteiger partial charge in [-0.25, -0.2) is 0 Å². The van der Waals surface area contributed by atoms with E-state index in [0.717, 1.165) is 11.3 Å². The van der Waals surface area contributed by atoms with Gasteiger partial charge in [0, 0.05) is 38.1 Å². The summed E-state index contributed by atoms with van der Waals surface area (Å²) < 4.78 is 0. The zero-order valence-corrected chi connectivity index (χ0v) is 13.1. The molecule has 0 radical (unpaired) electrons. The fourth-order valence-corrected chi connectivity index (χ4v) is 2.17. The molecule has 4 nitrogen and oxygen atoms in total. The molecule has 1 atom stereocenters. The summed E-state index contributed by atoms with van der Waals surface area (Å²) >= 11 is 6.21. The summed E-state index contributed by atoms with van der Waals surface area (Å²) in [6, 6.07) is 9.20. The number of anilines is 1. The number of hydrogen-bond acceptors (Lipinski definition) is 3. The van der Waals surface area contributed by atoms with Gasteiger partial charge in [0.15, 0.2) is 0 Å². The van der Waals surface area contributed by atoms with Crippen LogP contribution in [0.5, 0.6) is 0 Å². The lowest BCUT2D eigenvalue weighted by Crippen LogP contribution is -2.21. The number of carbonyl (C=O) groups is 1. The first kappa shape index (κ1) is 15.3. The van der Waals surface area contributed by atoms with Crippen LogP contribution < -0.4 is 5.32 Å². The van der Waals surface area contributed by atoms with Crippen LogP contribution in [0.1, 0.15) is 28.9 Å². The number of carbonyl (C=O) groups excluding carboxylic acids is 1. The van der Waals surface area contributed by atoms with Crippen molar-refractivity contribution in [3.05, 3.63) is 58.9 Å². The van der Waals surface area contributed by atoms with E-state index < -0.39 is 0 Å². The minimum Gasteiger partial charge on any atom is -0.377 e. The molecule has 0 fully saturated rings. The van der Waals surface area contributed by atoms with E-state index in [0.29, 0.717) is 10.6 Å². The van der Waals surface area contributed by atoms with Crippen LogP contribution in [0.3, 0.4) is 0 Å². The molecule has 2 rings (SSSR count). The van der Waals surface area contributed by atoms with Gasteiger partial charge in [-0.1, -0.05) is 11.6 Å². The Morgan fingerprint density at radius 1 is 1.24 bits per heavy atom.